The molecule has 3 rings (SSSR count). The molecule has 1 aromatic rings. The lowest BCUT2D eigenvalue weighted by Gasteiger charge is -2.34. The van der Waals surface area contributed by atoms with E-state index >= 15 is 0 Å². The number of ether oxygens (including phenoxy) is 2. The van der Waals surface area contributed by atoms with Crippen LogP contribution in [0.25, 0.3) is 0 Å². The van der Waals surface area contributed by atoms with E-state index in [1.54, 1.807) is 19.2 Å². The van der Waals surface area contributed by atoms with Crippen molar-refractivity contribution < 1.29 is 13.9 Å². The van der Waals surface area contributed by atoms with Gasteiger partial charge in [0.1, 0.15) is 5.82 Å². The van der Waals surface area contributed by atoms with Crippen LogP contribution >= 0.6 is 24.0 Å². The van der Waals surface area contributed by atoms with E-state index in [0.29, 0.717) is 12.0 Å². The van der Waals surface area contributed by atoms with Crippen LogP contribution in [-0.4, -0.2) is 65.1 Å². The summed E-state index contributed by atoms with van der Waals surface area (Å²) in [5, 5.41) is 6.87. The Morgan fingerprint density at radius 1 is 1.31 bits per heavy atom. The van der Waals surface area contributed by atoms with E-state index in [1.807, 2.05) is 6.07 Å². The number of nitrogens with one attached hydrogen (secondary N) is 2. The Morgan fingerprint density at radius 2 is 2.14 bits per heavy atom. The molecule has 2 fully saturated rings. The Morgan fingerprint density at radius 3 is 2.83 bits per heavy atom. The zero-order valence-corrected chi connectivity index (χ0v) is 19.6. The average molecular weight is 520 g/mol. The quantitative estimate of drug-likeness (QED) is 0.239. The summed E-state index contributed by atoms with van der Waals surface area (Å²) in [6, 6.07) is 7.22. The lowest BCUT2D eigenvalue weighted by molar-refractivity contribution is 0.0888. The predicted molar refractivity (Wildman–Crippen MR) is 126 cm³/mol. The third-order valence-electron chi connectivity index (χ3n) is 5.37. The number of halogens is 2. The molecule has 0 spiro atoms. The van der Waals surface area contributed by atoms with Crippen LogP contribution in [0.4, 0.5) is 10.1 Å². The largest absolute Gasteiger partial charge is 0.381 e. The summed E-state index contributed by atoms with van der Waals surface area (Å²) >= 11 is 0. The van der Waals surface area contributed by atoms with Crippen molar-refractivity contribution in [3.05, 3.63) is 30.1 Å². The monoisotopic (exact) mass is 520 g/mol. The van der Waals surface area contributed by atoms with Crippen molar-refractivity contribution in [1.82, 2.24) is 10.6 Å². The number of guanidine groups is 1. The summed E-state index contributed by atoms with van der Waals surface area (Å²) in [6.45, 7) is 5.94. The zero-order chi connectivity index (χ0) is 19.6. The van der Waals surface area contributed by atoms with Gasteiger partial charge in [-0.1, -0.05) is 6.07 Å². The average Bonchev–Trinajstić information content (AvgIpc) is 3.23. The molecule has 6 nitrogen and oxygen atoms in total. The SMILES string of the molecule is CN=C(NCCCOCC1CCOC1)NC1CCN(c2cccc(F)c2)CC1.I. The van der Waals surface area contributed by atoms with Gasteiger partial charge in [-0.3, -0.25) is 4.99 Å². The highest BCUT2D eigenvalue weighted by atomic mass is 127. The van der Waals surface area contributed by atoms with Gasteiger partial charge in [0, 0.05) is 57.5 Å². The van der Waals surface area contributed by atoms with E-state index in [0.717, 1.165) is 83.4 Å². The van der Waals surface area contributed by atoms with E-state index in [-0.39, 0.29) is 29.8 Å². The number of rotatable bonds is 8. The van der Waals surface area contributed by atoms with Gasteiger partial charge >= 0.3 is 0 Å². The van der Waals surface area contributed by atoms with Gasteiger partial charge in [0.25, 0.3) is 0 Å². The second-order valence-electron chi connectivity index (χ2n) is 7.54. The summed E-state index contributed by atoms with van der Waals surface area (Å²) in [4.78, 5) is 6.57. The summed E-state index contributed by atoms with van der Waals surface area (Å²) < 4.78 is 24.5. The minimum atomic E-state index is -0.178. The molecule has 0 aliphatic carbocycles. The number of nitrogens with zero attached hydrogens (tertiary/aromatic N) is 2. The third-order valence-corrected chi connectivity index (χ3v) is 5.37. The number of aliphatic imine (C=N–C) groups is 1. The number of piperidine rings is 1. The smallest absolute Gasteiger partial charge is 0.191 e. The van der Waals surface area contributed by atoms with E-state index in [4.69, 9.17) is 9.47 Å². The molecule has 2 aliphatic rings. The lowest BCUT2D eigenvalue weighted by atomic mass is 10.0. The first-order chi connectivity index (χ1) is 13.7. The predicted octanol–water partition coefficient (Wildman–Crippen LogP) is 3.02. The molecule has 0 aromatic heterocycles. The maximum absolute atomic E-state index is 13.4. The van der Waals surface area contributed by atoms with Gasteiger partial charge in [-0.2, -0.15) is 0 Å². The Kier molecular flexibility index (Phi) is 11.0. The highest BCUT2D eigenvalue weighted by Gasteiger charge is 2.20. The molecule has 1 unspecified atom stereocenters. The van der Waals surface area contributed by atoms with Crippen molar-refractivity contribution >= 4 is 35.6 Å². The molecule has 164 valence electrons. The molecule has 1 aromatic carbocycles. The highest BCUT2D eigenvalue weighted by Crippen LogP contribution is 2.20. The first kappa shape index (κ1) is 24.1. The Balaban J connectivity index is 0.00000300. The molecular weight excluding hydrogens is 486 g/mol. The number of hydrogen-bond donors (Lipinski definition) is 2. The van der Waals surface area contributed by atoms with Crippen LogP contribution in [-0.2, 0) is 9.47 Å². The first-order valence-electron chi connectivity index (χ1n) is 10.4. The van der Waals surface area contributed by atoms with Crippen molar-refractivity contribution in [2.24, 2.45) is 10.9 Å². The van der Waals surface area contributed by atoms with Crippen molar-refractivity contribution in [1.29, 1.82) is 0 Å². The van der Waals surface area contributed by atoms with Gasteiger partial charge in [-0.25, -0.2) is 4.39 Å². The van der Waals surface area contributed by atoms with Gasteiger partial charge < -0.3 is 25.0 Å². The van der Waals surface area contributed by atoms with Crippen LogP contribution in [0.5, 0.6) is 0 Å². The lowest BCUT2D eigenvalue weighted by Crippen LogP contribution is -2.49. The van der Waals surface area contributed by atoms with Crippen LogP contribution in [0.3, 0.4) is 0 Å². The molecule has 0 amide bonds. The standard InChI is InChI=1S/C21H33FN4O2.HI/c1-23-21(24-9-3-12-27-15-17-8-13-28-16-17)25-19-6-10-26(11-7-19)20-5-2-4-18(22)14-20;/h2,4-5,14,17,19H,3,6-13,15-16H2,1H3,(H2,23,24,25);1H. The summed E-state index contributed by atoms with van der Waals surface area (Å²) in [7, 11) is 1.80. The minimum absolute atomic E-state index is 0. The van der Waals surface area contributed by atoms with Crippen molar-refractivity contribution in [3.63, 3.8) is 0 Å². The van der Waals surface area contributed by atoms with Gasteiger partial charge in [0.15, 0.2) is 5.96 Å². The zero-order valence-electron chi connectivity index (χ0n) is 17.2. The molecule has 0 radical (unpaired) electrons. The molecule has 1 atom stereocenters. The van der Waals surface area contributed by atoms with Gasteiger partial charge in [0.05, 0.1) is 13.2 Å². The number of anilines is 1. The molecular formula is C21H34FIN4O2. The normalized spacial score (nSPS) is 20.4. The van der Waals surface area contributed by atoms with E-state index in [2.05, 4.69) is 20.5 Å². The Bertz CT molecular complexity index is 620. The number of benzene rings is 1. The van der Waals surface area contributed by atoms with Crippen molar-refractivity contribution in [2.45, 2.75) is 31.7 Å². The van der Waals surface area contributed by atoms with Crippen LogP contribution in [0.2, 0.25) is 0 Å². The van der Waals surface area contributed by atoms with Crippen LogP contribution in [0.15, 0.2) is 29.3 Å². The maximum Gasteiger partial charge on any atom is 0.191 e. The Hall–Kier alpha value is -1.13. The molecule has 29 heavy (non-hydrogen) atoms. The summed E-state index contributed by atoms with van der Waals surface area (Å²) in [5.74, 6) is 1.23. The molecule has 2 aliphatic heterocycles. The molecule has 8 heteroatoms. The Labute approximate surface area is 190 Å². The fourth-order valence-electron chi connectivity index (χ4n) is 3.69. The minimum Gasteiger partial charge on any atom is -0.381 e. The molecule has 0 saturated carbocycles. The highest BCUT2D eigenvalue weighted by molar-refractivity contribution is 14.0. The van der Waals surface area contributed by atoms with Crippen LogP contribution < -0.4 is 15.5 Å². The summed E-state index contributed by atoms with van der Waals surface area (Å²) in [6.07, 6.45) is 4.08. The van der Waals surface area contributed by atoms with E-state index < -0.39 is 0 Å². The van der Waals surface area contributed by atoms with E-state index in [9.17, 15) is 4.39 Å². The molecule has 0 bridgehead atoms. The van der Waals surface area contributed by atoms with Crippen LogP contribution in [0.1, 0.15) is 25.7 Å². The van der Waals surface area contributed by atoms with Gasteiger partial charge in [-0.05, 0) is 43.9 Å². The fraction of sp³-hybridized carbons (Fsp3) is 0.667. The van der Waals surface area contributed by atoms with Crippen molar-refractivity contribution in [2.75, 3.05) is 58.0 Å². The van der Waals surface area contributed by atoms with Crippen molar-refractivity contribution in [3.8, 4) is 0 Å². The number of hydrogen-bond acceptors (Lipinski definition) is 4. The van der Waals surface area contributed by atoms with Gasteiger partial charge in [-0.15, -0.1) is 24.0 Å². The fourth-order valence-corrected chi connectivity index (χ4v) is 3.69. The topological polar surface area (TPSA) is 58.1 Å². The molecule has 2 heterocycles. The second kappa shape index (κ2) is 13.2. The maximum atomic E-state index is 13.4. The second-order valence-corrected chi connectivity index (χ2v) is 7.54. The molecule has 2 saturated heterocycles. The molecule has 2 N–H and O–H groups in total. The van der Waals surface area contributed by atoms with Crippen LogP contribution in [0, 0.1) is 11.7 Å². The summed E-state index contributed by atoms with van der Waals surface area (Å²) in [5.41, 5.74) is 0.963. The van der Waals surface area contributed by atoms with Gasteiger partial charge in [0.2, 0.25) is 0 Å². The third kappa shape index (κ3) is 8.25. The van der Waals surface area contributed by atoms with E-state index in [1.165, 1.54) is 6.07 Å². The first-order valence-corrected chi connectivity index (χ1v) is 10.4.